The van der Waals surface area contributed by atoms with E-state index in [0.29, 0.717) is 29.1 Å². The lowest BCUT2D eigenvalue weighted by atomic mass is 9.90. The lowest BCUT2D eigenvalue weighted by Gasteiger charge is -2.14. The Morgan fingerprint density at radius 3 is 2.75 bits per heavy atom. The topological polar surface area (TPSA) is 90.0 Å². The lowest BCUT2D eigenvalue weighted by Crippen LogP contribution is -2.25. The van der Waals surface area contributed by atoms with E-state index >= 15 is 0 Å². The van der Waals surface area contributed by atoms with Crippen LogP contribution in [0.1, 0.15) is 52.5 Å². The molecular formula is C22H24N4O2. The Morgan fingerprint density at radius 1 is 1.25 bits per heavy atom. The molecule has 1 heterocycles. The highest BCUT2D eigenvalue weighted by atomic mass is 16.1. The molecule has 0 saturated heterocycles. The van der Waals surface area contributed by atoms with Gasteiger partial charge in [0.05, 0.1) is 17.4 Å². The fourth-order valence-corrected chi connectivity index (χ4v) is 3.44. The van der Waals surface area contributed by atoms with Gasteiger partial charge >= 0.3 is 0 Å². The van der Waals surface area contributed by atoms with E-state index in [0.717, 1.165) is 24.0 Å². The Bertz CT molecular complexity index is 1010. The molecule has 1 fully saturated rings. The number of aryl methyl sites for hydroxylation is 1. The average Bonchev–Trinajstić information content (AvgIpc) is 3.41. The highest BCUT2D eigenvalue weighted by Gasteiger charge is 2.26. The molecule has 3 N–H and O–H groups in total. The molecule has 6 nitrogen and oxygen atoms in total. The van der Waals surface area contributed by atoms with Crippen LogP contribution in [-0.2, 0) is 0 Å². The number of allylic oxidation sites excluding steroid dienone is 4. The van der Waals surface area contributed by atoms with E-state index in [1.54, 1.807) is 16.8 Å². The number of hydrogen-bond acceptors (Lipinski definition) is 4. The van der Waals surface area contributed by atoms with E-state index in [4.69, 9.17) is 5.73 Å². The van der Waals surface area contributed by atoms with Crippen LogP contribution in [0.15, 0.2) is 48.2 Å². The van der Waals surface area contributed by atoms with Crippen molar-refractivity contribution in [1.29, 1.82) is 0 Å². The van der Waals surface area contributed by atoms with Gasteiger partial charge in [-0.15, -0.1) is 0 Å². The van der Waals surface area contributed by atoms with E-state index in [-0.39, 0.29) is 23.7 Å². The standard InChI is InChI=1S/C22H24N4O2/c1-13-4-3-5-15(10-13)20(27)18-12-24-26(21(18)23)19-11-16(7-6-14(19)2)22(28)25-17-8-9-17/h3-4,6-7,10-12,15,17H,5,8-9,23H2,1-2H3,(H,25,28). The van der Waals surface area contributed by atoms with Crippen LogP contribution >= 0.6 is 0 Å². The molecule has 1 unspecified atom stereocenters. The van der Waals surface area contributed by atoms with Gasteiger partial charge in [0, 0.05) is 17.5 Å². The van der Waals surface area contributed by atoms with Gasteiger partial charge < -0.3 is 11.1 Å². The molecule has 1 aromatic carbocycles. The Balaban J connectivity index is 1.64. The number of nitrogens with one attached hydrogen (secondary N) is 1. The molecule has 1 atom stereocenters. The van der Waals surface area contributed by atoms with Crippen LogP contribution in [0.25, 0.3) is 5.69 Å². The summed E-state index contributed by atoms with van der Waals surface area (Å²) < 4.78 is 1.55. The molecule has 4 rings (SSSR count). The molecule has 0 bridgehead atoms. The van der Waals surface area contributed by atoms with Crippen molar-refractivity contribution in [2.45, 2.75) is 39.2 Å². The Labute approximate surface area is 164 Å². The minimum absolute atomic E-state index is 0.0345. The average molecular weight is 376 g/mol. The van der Waals surface area contributed by atoms with Crippen LogP contribution < -0.4 is 11.1 Å². The van der Waals surface area contributed by atoms with Gasteiger partial charge in [-0.25, -0.2) is 4.68 Å². The largest absolute Gasteiger partial charge is 0.383 e. The van der Waals surface area contributed by atoms with Crippen molar-refractivity contribution in [3.8, 4) is 5.69 Å². The van der Waals surface area contributed by atoms with Gasteiger partial charge in [-0.3, -0.25) is 9.59 Å². The third-order valence-electron chi connectivity index (χ3n) is 5.26. The Morgan fingerprint density at radius 2 is 2.04 bits per heavy atom. The van der Waals surface area contributed by atoms with Crippen molar-refractivity contribution in [2.75, 3.05) is 5.73 Å². The van der Waals surface area contributed by atoms with Crippen LogP contribution in [0.5, 0.6) is 0 Å². The molecule has 2 aliphatic carbocycles. The summed E-state index contributed by atoms with van der Waals surface area (Å²) in [7, 11) is 0. The van der Waals surface area contributed by atoms with E-state index in [9.17, 15) is 9.59 Å². The predicted octanol–water partition coefficient (Wildman–Crippen LogP) is 3.36. The highest BCUT2D eigenvalue weighted by Crippen LogP contribution is 2.27. The van der Waals surface area contributed by atoms with Crippen molar-refractivity contribution < 1.29 is 9.59 Å². The quantitative estimate of drug-likeness (QED) is 0.783. The summed E-state index contributed by atoms with van der Waals surface area (Å²) in [5.41, 5.74) is 9.98. The third kappa shape index (κ3) is 3.50. The van der Waals surface area contributed by atoms with Gasteiger partial charge in [-0.05, 0) is 50.8 Å². The summed E-state index contributed by atoms with van der Waals surface area (Å²) in [6.07, 6.45) is 10.2. The smallest absolute Gasteiger partial charge is 0.251 e. The Kier molecular flexibility index (Phi) is 4.63. The number of amides is 1. The maximum atomic E-state index is 12.9. The van der Waals surface area contributed by atoms with Crippen LogP contribution in [0, 0.1) is 12.8 Å². The van der Waals surface area contributed by atoms with E-state index in [1.165, 1.54) is 6.20 Å². The monoisotopic (exact) mass is 376 g/mol. The maximum Gasteiger partial charge on any atom is 0.251 e. The molecule has 6 heteroatoms. The second kappa shape index (κ2) is 7.11. The molecule has 0 radical (unpaired) electrons. The van der Waals surface area contributed by atoms with Gasteiger partial charge in [-0.1, -0.05) is 29.9 Å². The number of aromatic nitrogens is 2. The zero-order valence-corrected chi connectivity index (χ0v) is 16.1. The lowest BCUT2D eigenvalue weighted by molar-refractivity contribution is 0.0940. The summed E-state index contributed by atoms with van der Waals surface area (Å²) in [4.78, 5) is 25.3. The fourth-order valence-electron chi connectivity index (χ4n) is 3.44. The zero-order valence-electron chi connectivity index (χ0n) is 16.1. The number of anilines is 1. The van der Waals surface area contributed by atoms with Crippen molar-refractivity contribution in [2.24, 2.45) is 5.92 Å². The first-order chi connectivity index (χ1) is 13.4. The molecule has 144 valence electrons. The zero-order chi connectivity index (χ0) is 19.8. The first kappa shape index (κ1) is 18.2. The number of nitrogens with zero attached hydrogens (tertiary/aromatic N) is 2. The summed E-state index contributed by atoms with van der Waals surface area (Å²) in [5.74, 6) is -0.0525. The minimum Gasteiger partial charge on any atom is -0.383 e. The third-order valence-corrected chi connectivity index (χ3v) is 5.26. The molecule has 0 spiro atoms. The number of carbonyl (C=O) groups is 2. The first-order valence-electron chi connectivity index (χ1n) is 9.58. The van der Waals surface area contributed by atoms with Crippen molar-refractivity contribution in [1.82, 2.24) is 15.1 Å². The first-order valence-corrected chi connectivity index (χ1v) is 9.58. The number of nitrogens with two attached hydrogens (primary N) is 1. The summed E-state index contributed by atoms with van der Waals surface area (Å²) in [6, 6.07) is 5.73. The number of hydrogen-bond donors (Lipinski definition) is 2. The minimum atomic E-state index is -0.221. The number of ketones is 1. The molecule has 1 saturated carbocycles. The van der Waals surface area contributed by atoms with Gasteiger partial charge in [0.15, 0.2) is 5.78 Å². The molecule has 1 aromatic heterocycles. The summed E-state index contributed by atoms with van der Waals surface area (Å²) in [6.45, 7) is 3.91. The molecular weight excluding hydrogens is 352 g/mol. The van der Waals surface area contributed by atoms with Gasteiger partial charge in [0.1, 0.15) is 5.82 Å². The van der Waals surface area contributed by atoms with Gasteiger partial charge in [-0.2, -0.15) is 5.10 Å². The van der Waals surface area contributed by atoms with Crippen LogP contribution in [0.4, 0.5) is 5.82 Å². The van der Waals surface area contributed by atoms with Crippen LogP contribution in [0.3, 0.4) is 0 Å². The van der Waals surface area contributed by atoms with E-state index in [1.807, 2.05) is 38.1 Å². The Hall–Kier alpha value is -3.15. The number of benzene rings is 1. The molecule has 28 heavy (non-hydrogen) atoms. The molecule has 1 amide bonds. The second-order valence-corrected chi connectivity index (χ2v) is 7.62. The normalized spacial score (nSPS) is 18.6. The fraction of sp³-hybridized carbons (Fsp3) is 0.318. The highest BCUT2D eigenvalue weighted by molar-refractivity contribution is 6.03. The van der Waals surface area contributed by atoms with Crippen LogP contribution in [0.2, 0.25) is 0 Å². The molecule has 2 aromatic rings. The van der Waals surface area contributed by atoms with Gasteiger partial charge in [0.2, 0.25) is 0 Å². The SMILES string of the molecule is CC1=CC(C(=O)c2cnn(-c3cc(C(=O)NC4CC4)ccc3C)c2N)CC=C1. The summed E-state index contributed by atoms with van der Waals surface area (Å²) >= 11 is 0. The van der Waals surface area contributed by atoms with Crippen molar-refractivity contribution in [3.05, 3.63) is 64.9 Å². The number of carbonyl (C=O) groups excluding carboxylic acids is 2. The van der Waals surface area contributed by atoms with Crippen LogP contribution in [-0.4, -0.2) is 27.5 Å². The van der Waals surface area contributed by atoms with Crippen molar-refractivity contribution >= 4 is 17.5 Å². The number of nitrogen functional groups attached to an aromatic ring is 1. The molecule has 0 aliphatic heterocycles. The maximum absolute atomic E-state index is 12.9. The van der Waals surface area contributed by atoms with E-state index < -0.39 is 0 Å². The van der Waals surface area contributed by atoms with Gasteiger partial charge in [0.25, 0.3) is 5.91 Å². The summed E-state index contributed by atoms with van der Waals surface area (Å²) in [5, 5.41) is 7.34. The van der Waals surface area contributed by atoms with Crippen molar-refractivity contribution in [3.63, 3.8) is 0 Å². The van der Waals surface area contributed by atoms with E-state index in [2.05, 4.69) is 10.4 Å². The number of Topliss-reactive ketones (excluding diaryl/α,β-unsaturated/α-hetero) is 1. The molecule has 2 aliphatic rings. The predicted molar refractivity (Wildman–Crippen MR) is 109 cm³/mol. The second-order valence-electron chi connectivity index (χ2n) is 7.62. The number of rotatable bonds is 5.